The molecule has 1 aliphatic rings. The first-order chi connectivity index (χ1) is 19.7. The number of carbonyl (C=O) groups excluding carboxylic acids is 1. The lowest BCUT2D eigenvalue weighted by atomic mass is 9.96. The number of amides is 2. The number of likely N-dealkylation sites (tertiary alicyclic amines) is 1. The highest BCUT2D eigenvalue weighted by molar-refractivity contribution is 5.76. The van der Waals surface area contributed by atoms with Gasteiger partial charge in [0.1, 0.15) is 18.2 Å². The van der Waals surface area contributed by atoms with Crippen LogP contribution < -0.4 is 10.1 Å². The number of benzene rings is 4. The zero-order chi connectivity index (χ0) is 27.1. The SMILES string of the molecule is O=C(NC(c1ccccc1)c1ccccc1)N1CCC(Cn2c(COc3ccccc3)nc3ccccc32)CC1. The Morgan fingerprint density at radius 2 is 1.38 bits per heavy atom. The van der Waals surface area contributed by atoms with Crippen molar-refractivity contribution in [1.29, 1.82) is 0 Å². The molecule has 6 nitrogen and oxygen atoms in total. The van der Waals surface area contributed by atoms with Gasteiger partial charge in [0.15, 0.2) is 0 Å². The van der Waals surface area contributed by atoms with Gasteiger partial charge in [0.25, 0.3) is 0 Å². The normalized spacial score (nSPS) is 14.0. The Morgan fingerprint density at radius 1 is 0.800 bits per heavy atom. The predicted molar refractivity (Wildman–Crippen MR) is 158 cm³/mol. The minimum absolute atomic E-state index is 0.0128. The van der Waals surface area contributed by atoms with E-state index >= 15 is 0 Å². The van der Waals surface area contributed by atoms with Gasteiger partial charge in [-0.25, -0.2) is 9.78 Å². The van der Waals surface area contributed by atoms with E-state index in [1.165, 1.54) is 0 Å². The van der Waals surface area contributed by atoms with Gasteiger partial charge in [-0.3, -0.25) is 0 Å². The number of nitrogens with one attached hydrogen (secondary N) is 1. The second-order valence-corrected chi connectivity index (χ2v) is 10.4. The van der Waals surface area contributed by atoms with Crippen LogP contribution >= 0.6 is 0 Å². The molecule has 1 aromatic heterocycles. The summed E-state index contributed by atoms with van der Waals surface area (Å²) in [5.41, 5.74) is 4.27. The molecule has 6 heteroatoms. The van der Waals surface area contributed by atoms with Crippen LogP contribution in [0.25, 0.3) is 11.0 Å². The maximum Gasteiger partial charge on any atom is 0.318 e. The topological polar surface area (TPSA) is 59.4 Å². The van der Waals surface area contributed by atoms with Crippen molar-refractivity contribution in [3.63, 3.8) is 0 Å². The fourth-order valence-corrected chi connectivity index (χ4v) is 5.55. The van der Waals surface area contributed by atoms with Crippen molar-refractivity contribution in [2.75, 3.05) is 13.1 Å². The van der Waals surface area contributed by atoms with Gasteiger partial charge < -0.3 is 19.5 Å². The molecule has 1 aliphatic heterocycles. The standard InChI is InChI=1S/C34H34N4O2/c39-34(36-33(27-12-4-1-5-13-27)28-14-6-2-7-15-28)37-22-20-26(21-23-37)24-38-31-19-11-10-18-30(31)35-32(38)25-40-29-16-8-3-9-17-29/h1-19,26,33H,20-25H2,(H,36,39). The lowest BCUT2D eigenvalue weighted by Gasteiger charge is -2.34. The van der Waals surface area contributed by atoms with Gasteiger partial charge in [-0.1, -0.05) is 91.0 Å². The van der Waals surface area contributed by atoms with Gasteiger partial charge in [-0.2, -0.15) is 0 Å². The van der Waals surface area contributed by atoms with E-state index in [0.29, 0.717) is 12.5 Å². The van der Waals surface area contributed by atoms with E-state index in [4.69, 9.17) is 9.72 Å². The first kappa shape index (κ1) is 25.7. The zero-order valence-electron chi connectivity index (χ0n) is 22.5. The van der Waals surface area contributed by atoms with Gasteiger partial charge in [0.2, 0.25) is 0 Å². The summed E-state index contributed by atoms with van der Waals surface area (Å²) in [6.45, 7) is 2.74. The van der Waals surface area contributed by atoms with Crippen LogP contribution in [0.15, 0.2) is 115 Å². The number of nitrogens with zero attached hydrogens (tertiary/aromatic N) is 3. The van der Waals surface area contributed by atoms with Crippen molar-refractivity contribution in [2.24, 2.45) is 5.92 Å². The number of fused-ring (bicyclic) bond motifs is 1. The van der Waals surface area contributed by atoms with Crippen LogP contribution in [0.3, 0.4) is 0 Å². The third-order valence-electron chi connectivity index (χ3n) is 7.72. The fraction of sp³-hybridized carbons (Fsp3) is 0.235. The van der Waals surface area contributed by atoms with Crippen molar-refractivity contribution >= 4 is 17.1 Å². The van der Waals surface area contributed by atoms with E-state index in [9.17, 15) is 4.79 Å². The molecule has 0 spiro atoms. The molecule has 2 amide bonds. The lowest BCUT2D eigenvalue weighted by Crippen LogP contribution is -2.46. The molecular formula is C34H34N4O2. The average molecular weight is 531 g/mol. The number of rotatable bonds is 8. The highest BCUT2D eigenvalue weighted by Gasteiger charge is 2.26. The quantitative estimate of drug-likeness (QED) is 0.239. The molecule has 40 heavy (non-hydrogen) atoms. The van der Waals surface area contributed by atoms with Crippen molar-refractivity contribution in [2.45, 2.75) is 32.0 Å². The highest BCUT2D eigenvalue weighted by atomic mass is 16.5. The van der Waals surface area contributed by atoms with Crippen LogP contribution in [0.5, 0.6) is 5.75 Å². The molecule has 1 saturated heterocycles. The summed E-state index contributed by atoms with van der Waals surface area (Å²) in [5.74, 6) is 2.22. The molecule has 0 atom stereocenters. The number of hydrogen-bond donors (Lipinski definition) is 1. The van der Waals surface area contributed by atoms with E-state index < -0.39 is 0 Å². The summed E-state index contributed by atoms with van der Waals surface area (Å²) in [6.07, 6.45) is 1.89. The molecule has 0 aliphatic carbocycles. The van der Waals surface area contributed by atoms with Crippen molar-refractivity contribution < 1.29 is 9.53 Å². The first-order valence-electron chi connectivity index (χ1n) is 14.0. The summed E-state index contributed by atoms with van der Waals surface area (Å²) >= 11 is 0. The summed E-state index contributed by atoms with van der Waals surface area (Å²) in [5, 5.41) is 3.30. The van der Waals surface area contributed by atoms with Crippen LogP contribution in [0, 0.1) is 5.92 Å². The molecule has 1 fully saturated rings. The minimum Gasteiger partial charge on any atom is -0.486 e. The van der Waals surface area contributed by atoms with Gasteiger partial charge in [0, 0.05) is 19.6 Å². The van der Waals surface area contributed by atoms with Gasteiger partial charge in [0.05, 0.1) is 17.1 Å². The van der Waals surface area contributed by atoms with Crippen LogP contribution in [-0.4, -0.2) is 33.6 Å². The van der Waals surface area contributed by atoms with E-state index in [2.05, 4.69) is 52.3 Å². The number of ether oxygens (including phenoxy) is 1. The Hall–Kier alpha value is -4.58. The number of hydrogen-bond acceptors (Lipinski definition) is 3. The molecule has 1 N–H and O–H groups in total. The third kappa shape index (κ3) is 5.86. The van der Waals surface area contributed by atoms with Gasteiger partial charge in [-0.15, -0.1) is 0 Å². The number of piperidine rings is 1. The molecule has 202 valence electrons. The van der Waals surface area contributed by atoms with Crippen molar-refractivity contribution in [3.05, 3.63) is 132 Å². The molecule has 0 unspecified atom stereocenters. The van der Waals surface area contributed by atoms with E-state index in [-0.39, 0.29) is 12.1 Å². The second kappa shape index (κ2) is 12.1. The number of para-hydroxylation sites is 3. The fourth-order valence-electron chi connectivity index (χ4n) is 5.55. The largest absolute Gasteiger partial charge is 0.486 e. The highest BCUT2D eigenvalue weighted by Crippen LogP contribution is 2.26. The molecule has 6 rings (SSSR count). The predicted octanol–water partition coefficient (Wildman–Crippen LogP) is 6.83. The van der Waals surface area contributed by atoms with Crippen LogP contribution in [-0.2, 0) is 13.2 Å². The summed E-state index contributed by atoms with van der Waals surface area (Å²) in [4.78, 5) is 20.3. The van der Waals surface area contributed by atoms with Gasteiger partial charge in [-0.05, 0) is 54.2 Å². The molecule has 4 aromatic carbocycles. The lowest BCUT2D eigenvalue weighted by molar-refractivity contribution is 0.163. The zero-order valence-corrected chi connectivity index (χ0v) is 22.5. The maximum absolute atomic E-state index is 13.4. The number of urea groups is 1. The van der Waals surface area contributed by atoms with Crippen molar-refractivity contribution in [3.8, 4) is 5.75 Å². The number of aromatic nitrogens is 2. The molecule has 0 radical (unpaired) electrons. The Bertz CT molecular complexity index is 1490. The molecule has 2 heterocycles. The minimum atomic E-state index is -0.183. The maximum atomic E-state index is 13.4. The van der Waals surface area contributed by atoms with E-state index in [0.717, 1.165) is 66.2 Å². The number of imidazole rings is 1. The summed E-state index contributed by atoms with van der Waals surface area (Å²) in [7, 11) is 0. The Balaban J connectivity index is 1.11. The molecule has 5 aromatic rings. The Morgan fingerprint density at radius 3 is 2.02 bits per heavy atom. The Kier molecular flexibility index (Phi) is 7.75. The van der Waals surface area contributed by atoms with Crippen LogP contribution in [0.2, 0.25) is 0 Å². The summed E-state index contributed by atoms with van der Waals surface area (Å²) < 4.78 is 8.37. The smallest absolute Gasteiger partial charge is 0.318 e. The average Bonchev–Trinajstić information content (AvgIpc) is 3.37. The molecule has 0 saturated carbocycles. The first-order valence-corrected chi connectivity index (χ1v) is 14.0. The third-order valence-corrected chi connectivity index (χ3v) is 7.72. The number of carbonyl (C=O) groups is 1. The second-order valence-electron chi connectivity index (χ2n) is 10.4. The van der Waals surface area contributed by atoms with Crippen LogP contribution in [0.4, 0.5) is 4.79 Å². The molecular weight excluding hydrogens is 496 g/mol. The molecule has 0 bridgehead atoms. The monoisotopic (exact) mass is 530 g/mol. The van der Waals surface area contributed by atoms with Gasteiger partial charge >= 0.3 is 6.03 Å². The summed E-state index contributed by atoms with van der Waals surface area (Å²) in [6, 6.07) is 38.3. The van der Waals surface area contributed by atoms with E-state index in [1.54, 1.807) is 0 Å². The van der Waals surface area contributed by atoms with Crippen molar-refractivity contribution in [1.82, 2.24) is 19.8 Å². The Labute approximate surface area is 235 Å². The van der Waals surface area contributed by atoms with E-state index in [1.807, 2.05) is 77.7 Å². The van der Waals surface area contributed by atoms with Crippen LogP contribution in [0.1, 0.15) is 35.8 Å².